The van der Waals surface area contributed by atoms with Crippen LogP contribution in [0.4, 0.5) is 8.78 Å². The normalized spacial score (nSPS) is 15.0. The summed E-state index contributed by atoms with van der Waals surface area (Å²) in [6, 6.07) is 10.5. The molecule has 0 bridgehead atoms. The van der Waals surface area contributed by atoms with E-state index in [1.54, 1.807) is 6.92 Å². The number of aromatic nitrogens is 3. The summed E-state index contributed by atoms with van der Waals surface area (Å²) in [5.74, 6) is -0.233. The second kappa shape index (κ2) is 9.49. The molecule has 0 spiro atoms. The maximum absolute atomic E-state index is 13.8. The summed E-state index contributed by atoms with van der Waals surface area (Å²) < 4.78 is 34.4. The van der Waals surface area contributed by atoms with Gasteiger partial charge < -0.3 is 10.1 Å². The Morgan fingerprint density at radius 3 is 2.68 bits per heavy atom. The molecule has 7 nitrogen and oxygen atoms in total. The molecule has 2 aromatic heterocycles. The van der Waals surface area contributed by atoms with Crippen molar-refractivity contribution in [3.8, 4) is 11.3 Å². The van der Waals surface area contributed by atoms with Crippen molar-refractivity contribution in [2.75, 3.05) is 39.4 Å². The molecule has 0 saturated carbocycles. The first-order valence-corrected chi connectivity index (χ1v) is 10.3. The first kappa shape index (κ1) is 21.3. The molecule has 164 valence electrons. The van der Waals surface area contributed by atoms with Crippen molar-refractivity contribution >= 4 is 16.9 Å². The predicted octanol–water partition coefficient (Wildman–Crippen LogP) is 2.79. The van der Waals surface area contributed by atoms with Crippen molar-refractivity contribution < 1.29 is 18.3 Å². The molecule has 1 amide bonds. The molecule has 0 radical (unpaired) electrons. The fraction of sp³-hybridized carbons (Fsp3) is 0.409. The number of carbonyl (C=O) groups is 1. The van der Waals surface area contributed by atoms with Gasteiger partial charge in [0.1, 0.15) is 6.54 Å². The van der Waals surface area contributed by atoms with Crippen LogP contribution in [0, 0.1) is 6.92 Å². The van der Waals surface area contributed by atoms with E-state index in [1.807, 2.05) is 30.3 Å². The lowest BCUT2D eigenvalue weighted by atomic mass is 10.1. The van der Waals surface area contributed by atoms with Crippen molar-refractivity contribution in [3.05, 3.63) is 47.7 Å². The Balaban J connectivity index is 1.56. The molecular formula is C22H25F2N5O2. The van der Waals surface area contributed by atoms with Gasteiger partial charge in [-0.3, -0.25) is 9.69 Å². The van der Waals surface area contributed by atoms with Gasteiger partial charge in [0.15, 0.2) is 5.65 Å². The maximum Gasteiger partial charge on any atom is 0.264 e. The number of pyridine rings is 1. The van der Waals surface area contributed by atoms with E-state index in [4.69, 9.17) is 4.74 Å². The average molecular weight is 429 g/mol. The van der Waals surface area contributed by atoms with Gasteiger partial charge in [-0.15, -0.1) is 0 Å². The molecule has 31 heavy (non-hydrogen) atoms. The summed E-state index contributed by atoms with van der Waals surface area (Å²) in [4.78, 5) is 19.3. The molecule has 9 heteroatoms. The number of hydrogen-bond acceptors (Lipinski definition) is 5. The SMILES string of the molecule is Cc1nn(CC(=O)NCCN2CCOCC2)c2nc(-c3ccccc3)cc(C(F)F)c12. The Morgan fingerprint density at radius 2 is 1.97 bits per heavy atom. The Kier molecular flexibility index (Phi) is 6.53. The second-order valence-corrected chi connectivity index (χ2v) is 7.51. The number of aryl methyl sites for hydroxylation is 1. The molecule has 1 aliphatic heterocycles. The Hall–Kier alpha value is -2.91. The zero-order valence-corrected chi connectivity index (χ0v) is 17.4. The van der Waals surface area contributed by atoms with E-state index in [1.165, 1.54) is 10.7 Å². The molecule has 4 rings (SSSR count). The van der Waals surface area contributed by atoms with Crippen molar-refractivity contribution in [2.24, 2.45) is 0 Å². The van der Waals surface area contributed by atoms with Gasteiger partial charge >= 0.3 is 0 Å². The largest absolute Gasteiger partial charge is 0.379 e. The Labute approximate surface area is 179 Å². The molecule has 1 aromatic carbocycles. The van der Waals surface area contributed by atoms with Crippen molar-refractivity contribution in [2.45, 2.75) is 19.9 Å². The number of nitrogens with zero attached hydrogens (tertiary/aromatic N) is 4. The smallest absolute Gasteiger partial charge is 0.264 e. The highest BCUT2D eigenvalue weighted by Crippen LogP contribution is 2.32. The number of carbonyl (C=O) groups excluding carboxylic acids is 1. The summed E-state index contributed by atoms with van der Waals surface area (Å²) in [6.07, 6.45) is -2.67. The van der Waals surface area contributed by atoms with Gasteiger partial charge in [-0.1, -0.05) is 30.3 Å². The lowest BCUT2D eigenvalue weighted by Crippen LogP contribution is -2.41. The molecule has 1 saturated heterocycles. The Morgan fingerprint density at radius 1 is 1.23 bits per heavy atom. The van der Waals surface area contributed by atoms with Crippen LogP contribution in [0.2, 0.25) is 0 Å². The topological polar surface area (TPSA) is 72.3 Å². The monoisotopic (exact) mass is 429 g/mol. The van der Waals surface area contributed by atoms with Crippen LogP contribution in [0.3, 0.4) is 0 Å². The van der Waals surface area contributed by atoms with Gasteiger partial charge in [-0.2, -0.15) is 5.10 Å². The Bertz CT molecular complexity index is 1050. The van der Waals surface area contributed by atoms with Gasteiger partial charge in [0.25, 0.3) is 6.43 Å². The standard InChI is InChI=1S/C22H25F2N5O2/c1-15-20-17(21(23)24)13-18(16-5-3-2-4-6-16)26-22(20)29(27-15)14-19(30)25-7-8-28-9-11-31-12-10-28/h2-6,13,21H,7-12,14H2,1H3,(H,25,30). The lowest BCUT2D eigenvalue weighted by molar-refractivity contribution is -0.121. The first-order chi connectivity index (χ1) is 15.0. The van der Waals surface area contributed by atoms with E-state index < -0.39 is 6.43 Å². The van der Waals surface area contributed by atoms with Crippen LogP contribution in [0.15, 0.2) is 36.4 Å². The lowest BCUT2D eigenvalue weighted by Gasteiger charge is -2.26. The summed E-state index contributed by atoms with van der Waals surface area (Å²) in [7, 11) is 0. The summed E-state index contributed by atoms with van der Waals surface area (Å²) in [6.45, 7) is 5.92. The highest BCUT2D eigenvalue weighted by Gasteiger charge is 2.22. The molecule has 1 fully saturated rings. The van der Waals surface area contributed by atoms with Crippen LogP contribution in [0.25, 0.3) is 22.3 Å². The van der Waals surface area contributed by atoms with Crippen LogP contribution in [0.1, 0.15) is 17.7 Å². The maximum atomic E-state index is 13.8. The number of morpholine rings is 1. The van der Waals surface area contributed by atoms with Gasteiger partial charge in [0, 0.05) is 37.3 Å². The summed E-state index contributed by atoms with van der Waals surface area (Å²) >= 11 is 0. The van der Waals surface area contributed by atoms with E-state index in [0.717, 1.165) is 25.2 Å². The van der Waals surface area contributed by atoms with Gasteiger partial charge in [0.05, 0.1) is 30.0 Å². The van der Waals surface area contributed by atoms with Crippen molar-refractivity contribution in [3.63, 3.8) is 0 Å². The first-order valence-electron chi connectivity index (χ1n) is 10.3. The molecule has 0 atom stereocenters. The van der Waals surface area contributed by atoms with Crippen LogP contribution >= 0.6 is 0 Å². The fourth-order valence-electron chi connectivity index (χ4n) is 3.80. The quantitative estimate of drug-likeness (QED) is 0.625. The van der Waals surface area contributed by atoms with E-state index in [9.17, 15) is 13.6 Å². The van der Waals surface area contributed by atoms with E-state index in [0.29, 0.717) is 36.5 Å². The van der Waals surface area contributed by atoms with Crippen LogP contribution < -0.4 is 5.32 Å². The van der Waals surface area contributed by atoms with Crippen LogP contribution in [0.5, 0.6) is 0 Å². The molecule has 1 N–H and O–H groups in total. The van der Waals surface area contributed by atoms with Gasteiger partial charge in [-0.05, 0) is 13.0 Å². The van der Waals surface area contributed by atoms with Gasteiger partial charge in [0.2, 0.25) is 5.91 Å². The third-order valence-corrected chi connectivity index (χ3v) is 5.36. The zero-order valence-electron chi connectivity index (χ0n) is 17.4. The predicted molar refractivity (Wildman–Crippen MR) is 113 cm³/mol. The number of fused-ring (bicyclic) bond motifs is 1. The molecular weight excluding hydrogens is 404 g/mol. The zero-order chi connectivity index (χ0) is 21.8. The summed E-state index contributed by atoms with van der Waals surface area (Å²) in [5, 5.41) is 7.52. The molecule has 3 heterocycles. The molecule has 3 aromatic rings. The number of ether oxygens (including phenoxy) is 1. The highest BCUT2D eigenvalue weighted by molar-refractivity contribution is 5.87. The third-order valence-electron chi connectivity index (χ3n) is 5.36. The number of rotatable bonds is 7. The number of amides is 1. The third kappa shape index (κ3) is 4.88. The van der Waals surface area contributed by atoms with Gasteiger partial charge in [-0.25, -0.2) is 18.4 Å². The minimum atomic E-state index is -2.67. The van der Waals surface area contributed by atoms with E-state index >= 15 is 0 Å². The number of nitrogens with one attached hydrogen (secondary N) is 1. The van der Waals surface area contributed by atoms with Crippen LogP contribution in [-0.2, 0) is 16.1 Å². The highest BCUT2D eigenvalue weighted by atomic mass is 19.3. The number of alkyl halides is 2. The van der Waals surface area contributed by atoms with Crippen molar-refractivity contribution in [1.82, 2.24) is 25.0 Å². The minimum Gasteiger partial charge on any atom is -0.379 e. The molecule has 0 unspecified atom stereocenters. The molecule has 1 aliphatic rings. The number of halogens is 2. The number of benzene rings is 1. The summed E-state index contributed by atoms with van der Waals surface area (Å²) in [5.41, 5.74) is 1.75. The van der Waals surface area contributed by atoms with Crippen molar-refractivity contribution in [1.29, 1.82) is 0 Å². The average Bonchev–Trinajstić information content (AvgIpc) is 3.09. The fourth-order valence-corrected chi connectivity index (χ4v) is 3.80. The van der Waals surface area contributed by atoms with E-state index in [-0.39, 0.29) is 23.7 Å². The van der Waals surface area contributed by atoms with Crippen LogP contribution in [-0.4, -0.2) is 65.0 Å². The minimum absolute atomic E-state index is 0.0820. The number of hydrogen-bond donors (Lipinski definition) is 1. The van der Waals surface area contributed by atoms with E-state index in [2.05, 4.69) is 20.3 Å². The second-order valence-electron chi connectivity index (χ2n) is 7.51. The molecule has 0 aliphatic carbocycles.